The Kier molecular flexibility index (Phi) is 7.65. The number of anilines is 3. The van der Waals surface area contributed by atoms with Crippen LogP contribution in [0.5, 0.6) is 5.75 Å². The fourth-order valence-electron chi connectivity index (χ4n) is 4.39. The molecular weight excluding hydrogens is 459 g/mol. The molecule has 0 saturated carbocycles. The van der Waals surface area contributed by atoms with E-state index in [-0.39, 0.29) is 29.4 Å². The van der Waals surface area contributed by atoms with Crippen LogP contribution in [0.4, 0.5) is 21.5 Å². The highest BCUT2D eigenvalue weighted by atomic mass is 19.1. The van der Waals surface area contributed by atoms with Crippen molar-refractivity contribution >= 4 is 35.0 Å². The number of amides is 2. The quantitative estimate of drug-likeness (QED) is 0.339. The maximum atomic E-state index is 14.0. The second-order valence-electron chi connectivity index (χ2n) is 8.85. The van der Waals surface area contributed by atoms with Gasteiger partial charge in [-0.3, -0.25) is 9.59 Å². The largest absolute Gasteiger partial charge is 0.494 e. The highest BCUT2D eigenvalue weighted by molar-refractivity contribution is 6.03. The molecule has 2 amide bonds. The summed E-state index contributed by atoms with van der Waals surface area (Å²) < 4.78 is 19.0. The molecule has 0 aromatic heterocycles. The third-order valence-electron chi connectivity index (χ3n) is 6.27. The van der Waals surface area contributed by atoms with Crippen LogP contribution in [0.2, 0.25) is 0 Å². The third-order valence-corrected chi connectivity index (χ3v) is 6.27. The zero-order valence-electron chi connectivity index (χ0n) is 20.2. The highest BCUT2D eigenvalue weighted by Gasteiger charge is 2.37. The molecule has 4 N–H and O–H groups in total. The Hall–Kier alpha value is -4.17. The number of benzene rings is 3. The van der Waals surface area contributed by atoms with Crippen molar-refractivity contribution in [1.82, 2.24) is 4.90 Å². The molecule has 2 atom stereocenters. The third kappa shape index (κ3) is 5.90. The molecule has 0 radical (unpaired) electrons. The van der Waals surface area contributed by atoms with Crippen molar-refractivity contribution in [2.24, 2.45) is 5.92 Å². The van der Waals surface area contributed by atoms with E-state index in [4.69, 9.17) is 10.5 Å². The number of hydrogen-bond acceptors (Lipinski definition) is 5. The van der Waals surface area contributed by atoms with Gasteiger partial charge in [-0.05, 0) is 48.5 Å². The molecule has 0 aliphatic carbocycles. The lowest BCUT2D eigenvalue weighted by Crippen LogP contribution is -2.28. The van der Waals surface area contributed by atoms with Crippen molar-refractivity contribution in [3.8, 4) is 5.75 Å². The lowest BCUT2D eigenvalue weighted by Gasteiger charge is -2.19. The number of rotatable bonds is 7. The van der Waals surface area contributed by atoms with Gasteiger partial charge in [-0.15, -0.1) is 0 Å². The van der Waals surface area contributed by atoms with Crippen LogP contribution in [0.25, 0.3) is 6.08 Å². The zero-order chi connectivity index (χ0) is 25.7. The van der Waals surface area contributed by atoms with Gasteiger partial charge in [-0.25, -0.2) is 4.39 Å². The Morgan fingerprint density at radius 3 is 2.50 bits per heavy atom. The van der Waals surface area contributed by atoms with Crippen molar-refractivity contribution in [2.45, 2.75) is 5.92 Å². The summed E-state index contributed by atoms with van der Waals surface area (Å²) in [4.78, 5) is 27.4. The van der Waals surface area contributed by atoms with E-state index in [0.717, 1.165) is 17.7 Å². The summed E-state index contributed by atoms with van der Waals surface area (Å²) in [5.41, 5.74) is 9.20. The number of ether oxygens (including phenoxy) is 1. The zero-order valence-corrected chi connectivity index (χ0v) is 20.2. The molecule has 0 bridgehead atoms. The SMILES string of the molecule is COc1ccc(NC(=O)C2CN(C)CC2c2ccc(C=CC(=O)Nc3ccccc3N)cc2)cc1F. The number of nitrogens with zero attached hydrogens (tertiary/aromatic N) is 1. The number of nitrogen functional groups attached to an aromatic ring is 1. The van der Waals surface area contributed by atoms with E-state index in [1.807, 2.05) is 31.3 Å². The van der Waals surface area contributed by atoms with Gasteiger partial charge in [-0.1, -0.05) is 36.4 Å². The lowest BCUT2D eigenvalue weighted by molar-refractivity contribution is -0.119. The van der Waals surface area contributed by atoms with Crippen molar-refractivity contribution in [2.75, 3.05) is 43.6 Å². The average Bonchev–Trinajstić information content (AvgIpc) is 3.26. The van der Waals surface area contributed by atoms with Crippen molar-refractivity contribution in [1.29, 1.82) is 0 Å². The molecule has 36 heavy (non-hydrogen) atoms. The lowest BCUT2D eigenvalue weighted by atomic mass is 9.88. The minimum Gasteiger partial charge on any atom is -0.494 e. The molecule has 3 aromatic rings. The Morgan fingerprint density at radius 2 is 1.81 bits per heavy atom. The molecule has 2 unspecified atom stereocenters. The maximum Gasteiger partial charge on any atom is 0.248 e. The number of likely N-dealkylation sites (N-methyl/N-ethyl adjacent to an activating group) is 1. The first-order valence-electron chi connectivity index (χ1n) is 11.6. The van der Waals surface area contributed by atoms with E-state index < -0.39 is 5.82 Å². The van der Waals surface area contributed by atoms with Gasteiger partial charge in [0.05, 0.1) is 24.4 Å². The number of halogens is 1. The number of para-hydroxylation sites is 2. The van der Waals surface area contributed by atoms with Crippen molar-refractivity contribution in [3.63, 3.8) is 0 Å². The van der Waals surface area contributed by atoms with Gasteiger partial charge in [-0.2, -0.15) is 0 Å². The molecule has 1 heterocycles. The number of nitrogens with two attached hydrogens (primary N) is 1. The van der Waals surface area contributed by atoms with Crippen LogP contribution in [0.1, 0.15) is 17.0 Å². The Bertz CT molecular complexity index is 1280. The first-order valence-corrected chi connectivity index (χ1v) is 11.6. The molecule has 1 fully saturated rings. The maximum absolute atomic E-state index is 14.0. The molecule has 4 rings (SSSR count). The van der Waals surface area contributed by atoms with Crippen LogP contribution in [-0.4, -0.2) is 44.0 Å². The number of carbonyl (C=O) groups excluding carboxylic acids is 2. The Morgan fingerprint density at radius 1 is 1.06 bits per heavy atom. The summed E-state index contributed by atoms with van der Waals surface area (Å²) in [6.07, 6.45) is 3.18. The molecule has 7 nitrogen and oxygen atoms in total. The van der Waals surface area contributed by atoms with Gasteiger partial charge in [0.15, 0.2) is 11.6 Å². The number of nitrogens with one attached hydrogen (secondary N) is 2. The topological polar surface area (TPSA) is 96.7 Å². The van der Waals surface area contributed by atoms with Gasteiger partial charge < -0.3 is 26.0 Å². The van der Waals surface area contributed by atoms with Crippen LogP contribution in [-0.2, 0) is 9.59 Å². The standard InChI is InChI=1S/C28H29FN4O3/c1-33-16-21(22(17-33)28(35)31-20-12-13-26(36-2)23(29)15-20)19-10-7-18(8-11-19)9-14-27(34)32-25-6-4-3-5-24(25)30/h3-15,21-22H,16-17,30H2,1-2H3,(H,31,35)(H,32,34). The second kappa shape index (κ2) is 11.0. The van der Waals surface area contributed by atoms with E-state index in [1.54, 1.807) is 36.4 Å². The van der Waals surface area contributed by atoms with Crippen LogP contribution >= 0.6 is 0 Å². The number of likely N-dealkylation sites (tertiary alicyclic amines) is 1. The van der Waals surface area contributed by atoms with Crippen molar-refractivity contribution in [3.05, 3.63) is 89.8 Å². The Labute approximate surface area is 209 Å². The number of methoxy groups -OCH3 is 1. The van der Waals surface area contributed by atoms with Gasteiger partial charge in [0, 0.05) is 36.8 Å². The summed E-state index contributed by atoms with van der Waals surface area (Å²) in [5.74, 6) is -1.14. The summed E-state index contributed by atoms with van der Waals surface area (Å²) in [6.45, 7) is 1.32. The first-order chi connectivity index (χ1) is 17.3. The summed E-state index contributed by atoms with van der Waals surface area (Å²) >= 11 is 0. The van der Waals surface area contributed by atoms with E-state index >= 15 is 0 Å². The average molecular weight is 489 g/mol. The molecule has 1 aliphatic heterocycles. The van der Waals surface area contributed by atoms with Crippen molar-refractivity contribution < 1.29 is 18.7 Å². The highest BCUT2D eigenvalue weighted by Crippen LogP contribution is 2.33. The number of hydrogen-bond donors (Lipinski definition) is 3. The normalized spacial score (nSPS) is 17.8. The molecular formula is C28H29FN4O3. The number of carbonyl (C=O) groups is 2. The summed E-state index contributed by atoms with van der Waals surface area (Å²) in [6, 6.07) is 19.2. The minimum atomic E-state index is -0.528. The predicted molar refractivity (Wildman–Crippen MR) is 140 cm³/mol. The fourth-order valence-corrected chi connectivity index (χ4v) is 4.39. The first kappa shape index (κ1) is 24.9. The van der Waals surface area contributed by atoms with Gasteiger partial charge in [0.2, 0.25) is 11.8 Å². The van der Waals surface area contributed by atoms with E-state index in [2.05, 4.69) is 15.5 Å². The van der Waals surface area contributed by atoms with Crippen LogP contribution in [0, 0.1) is 11.7 Å². The molecule has 1 saturated heterocycles. The smallest absolute Gasteiger partial charge is 0.248 e. The van der Waals surface area contributed by atoms with Gasteiger partial charge >= 0.3 is 0 Å². The van der Waals surface area contributed by atoms with Crippen LogP contribution in [0.3, 0.4) is 0 Å². The van der Waals surface area contributed by atoms with E-state index in [9.17, 15) is 14.0 Å². The predicted octanol–water partition coefficient (Wildman–Crippen LogP) is 4.35. The van der Waals surface area contributed by atoms with E-state index in [1.165, 1.54) is 25.3 Å². The van der Waals surface area contributed by atoms with E-state index in [0.29, 0.717) is 23.6 Å². The van der Waals surface area contributed by atoms with Gasteiger partial charge in [0.1, 0.15) is 0 Å². The summed E-state index contributed by atoms with van der Waals surface area (Å²) in [7, 11) is 3.37. The Balaban J connectivity index is 1.41. The molecule has 186 valence electrons. The molecule has 3 aromatic carbocycles. The monoisotopic (exact) mass is 488 g/mol. The fraction of sp³-hybridized carbons (Fsp3) is 0.214. The molecule has 0 spiro atoms. The minimum absolute atomic E-state index is 0.0134. The second-order valence-corrected chi connectivity index (χ2v) is 8.85. The van der Waals surface area contributed by atoms with Gasteiger partial charge in [0.25, 0.3) is 0 Å². The summed E-state index contributed by atoms with van der Waals surface area (Å²) in [5, 5.41) is 5.60. The van der Waals surface area contributed by atoms with Crippen LogP contribution in [0.15, 0.2) is 72.8 Å². The molecule has 1 aliphatic rings. The molecule has 8 heteroatoms. The van der Waals surface area contributed by atoms with Crippen LogP contribution < -0.4 is 21.1 Å².